The van der Waals surface area contributed by atoms with Crippen LogP contribution < -0.4 is 5.73 Å². The summed E-state index contributed by atoms with van der Waals surface area (Å²) in [6, 6.07) is 7.16. The Hall–Kier alpha value is -1.66. The molecule has 3 rings (SSSR count). The average Bonchev–Trinajstić information content (AvgIpc) is 2.78. The Balaban J connectivity index is 1.78. The van der Waals surface area contributed by atoms with Crippen molar-refractivity contribution in [3.8, 4) is 0 Å². The highest BCUT2D eigenvalue weighted by Gasteiger charge is 2.05. The second kappa shape index (κ2) is 5.14. The van der Waals surface area contributed by atoms with Crippen LogP contribution in [0.5, 0.6) is 0 Å². The average molecular weight is 291 g/mol. The van der Waals surface area contributed by atoms with Gasteiger partial charge in [-0.1, -0.05) is 11.8 Å². The molecule has 19 heavy (non-hydrogen) atoms. The number of nitrogen functional groups attached to an aromatic ring is 1. The van der Waals surface area contributed by atoms with Crippen molar-refractivity contribution >= 4 is 39.0 Å². The fourth-order valence-electron chi connectivity index (χ4n) is 1.66. The molecule has 0 spiro atoms. The molecule has 0 saturated heterocycles. The van der Waals surface area contributed by atoms with Crippen LogP contribution in [0.25, 0.3) is 10.2 Å². The summed E-state index contributed by atoms with van der Waals surface area (Å²) in [5.41, 5.74) is 8.27. The van der Waals surface area contributed by atoms with Crippen molar-refractivity contribution in [2.45, 2.75) is 10.1 Å². The number of thioether (sulfide) groups is 1. The van der Waals surface area contributed by atoms with Crippen LogP contribution in [0.2, 0.25) is 0 Å². The van der Waals surface area contributed by atoms with Gasteiger partial charge >= 0.3 is 0 Å². The second-order valence-corrected chi connectivity index (χ2v) is 6.26. The summed E-state index contributed by atoms with van der Waals surface area (Å²) < 4.78 is 15.0. The van der Waals surface area contributed by atoms with Gasteiger partial charge in [0.2, 0.25) is 0 Å². The maximum atomic E-state index is 13.0. The summed E-state index contributed by atoms with van der Waals surface area (Å²) in [5.74, 6) is 0.343. The molecule has 0 amide bonds. The first-order valence-corrected chi connectivity index (χ1v) is 7.39. The van der Waals surface area contributed by atoms with Gasteiger partial charge in [0.15, 0.2) is 4.34 Å². The summed E-state index contributed by atoms with van der Waals surface area (Å²) in [5, 5.41) is 0. The third-order valence-electron chi connectivity index (χ3n) is 2.52. The number of aromatic nitrogens is 2. The molecule has 0 atom stereocenters. The van der Waals surface area contributed by atoms with Crippen molar-refractivity contribution in [3.63, 3.8) is 0 Å². The van der Waals surface area contributed by atoms with Crippen molar-refractivity contribution in [1.29, 1.82) is 0 Å². The third kappa shape index (κ3) is 2.85. The molecule has 2 aromatic heterocycles. The number of nitrogens with zero attached hydrogens (tertiary/aromatic N) is 2. The van der Waals surface area contributed by atoms with Crippen LogP contribution >= 0.6 is 23.1 Å². The molecule has 0 aliphatic heterocycles. The monoisotopic (exact) mass is 291 g/mol. The molecule has 0 saturated carbocycles. The molecule has 0 fully saturated rings. The molecule has 3 nitrogen and oxygen atoms in total. The van der Waals surface area contributed by atoms with E-state index in [-0.39, 0.29) is 5.82 Å². The number of hydrogen-bond acceptors (Lipinski definition) is 5. The van der Waals surface area contributed by atoms with Gasteiger partial charge in [-0.25, -0.2) is 9.37 Å². The van der Waals surface area contributed by atoms with Gasteiger partial charge in [0.05, 0.1) is 16.4 Å². The predicted molar refractivity (Wildman–Crippen MR) is 77.8 cm³/mol. The van der Waals surface area contributed by atoms with Gasteiger partial charge in [0, 0.05) is 17.6 Å². The normalized spacial score (nSPS) is 11.0. The summed E-state index contributed by atoms with van der Waals surface area (Å²) >= 11 is 3.17. The van der Waals surface area contributed by atoms with Gasteiger partial charge in [-0.05, 0) is 29.8 Å². The van der Waals surface area contributed by atoms with E-state index >= 15 is 0 Å². The van der Waals surface area contributed by atoms with Gasteiger partial charge in [-0.3, -0.25) is 4.98 Å². The van der Waals surface area contributed by atoms with Gasteiger partial charge < -0.3 is 5.73 Å². The fourth-order valence-corrected chi connectivity index (χ4v) is 3.70. The summed E-state index contributed by atoms with van der Waals surface area (Å²) in [7, 11) is 0. The molecule has 0 aliphatic rings. The van der Waals surface area contributed by atoms with Crippen LogP contribution in [0.4, 0.5) is 10.1 Å². The number of anilines is 1. The summed E-state index contributed by atoms with van der Waals surface area (Å²) in [6.45, 7) is 0. The van der Waals surface area contributed by atoms with Crippen LogP contribution in [-0.4, -0.2) is 9.97 Å². The molecule has 0 aliphatic carbocycles. The minimum atomic E-state index is -0.310. The maximum absolute atomic E-state index is 13.0. The molecule has 0 bridgehead atoms. The predicted octanol–water partition coefficient (Wildman–Crippen LogP) is 3.70. The van der Waals surface area contributed by atoms with Gasteiger partial charge in [0.25, 0.3) is 0 Å². The lowest BCUT2D eigenvalue weighted by molar-refractivity contribution is 0.619. The molecule has 96 valence electrons. The molecule has 3 aromatic rings. The van der Waals surface area contributed by atoms with Gasteiger partial charge in [-0.15, -0.1) is 11.3 Å². The van der Waals surface area contributed by atoms with Crippen LogP contribution in [0, 0.1) is 5.82 Å². The zero-order valence-corrected chi connectivity index (χ0v) is 11.5. The van der Waals surface area contributed by atoms with E-state index in [1.165, 1.54) is 12.3 Å². The minimum Gasteiger partial charge on any atom is -0.399 e. The first kappa shape index (κ1) is 12.4. The van der Waals surface area contributed by atoms with Crippen LogP contribution in [0.3, 0.4) is 0 Å². The van der Waals surface area contributed by atoms with E-state index < -0.39 is 0 Å². The highest BCUT2D eigenvalue weighted by atomic mass is 32.2. The number of benzene rings is 1. The smallest absolute Gasteiger partial charge is 0.151 e. The number of halogens is 1. The quantitative estimate of drug-likeness (QED) is 0.590. The first-order chi connectivity index (χ1) is 9.20. The topological polar surface area (TPSA) is 51.8 Å². The van der Waals surface area contributed by atoms with Crippen molar-refractivity contribution in [3.05, 3.63) is 48.0 Å². The second-order valence-electron chi connectivity index (χ2n) is 4.01. The van der Waals surface area contributed by atoms with Crippen LogP contribution in [0.1, 0.15) is 5.56 Å². The summed E-state index contributed by atoms with van der Waals surface area (Å²) in [4.78, 5) is 8.33. The Morgan fingerprint density at radius 2 is 2.16 bits per heavy atom. The van der Waals surface area contributed by atoms with Crippen molar-refractivity contribution in [2.24, 2.45) is 0 Å². The molecule has 0 unspecified atom stereocenters. The molecular weight excluding hydrogens is 281 g/mol. The van der Waals surface area contributed by atoms with Crippen molar-refractivity contribution < 1.29 is 4.39 Å². The molecular formula is C13H10FN3S2. The Morgan fingerprint density at radius 3 is 3.00 bits per heavy atom. The third-order valence-corrected chi connectivity index (χ3v) is 4.75. The summed E-state index contributed by atoms with van der Waals surface area (Å²) in [6.07, 6.45) is 2.87. The van der Waals surface area contributed by atoms with E-state index in [0.29, 0.717) is 5.75 Å². The molecule has 6 heteroatoms. The van der Waals surface area contributed by atoms with E-state index in [9.17, 15) is 4.39 Å². The van der Waals surface area contributed by atoms with E-state index in [4.69, 9.17) is 5.73 Å². The van der Waals surface area contributed by atoms with Gasteiger partial charge in [-0.2, -0.15) is 0 Å². The fraction of sp³-hybridized carbons (Fsp3) is 0.0769. The largest absolute Gasteiger partial charge is 0.399 e. The number of nitrogens with two attached hydrogens (primary N) is 1. The number of hydrogen-bond donors (Lipinski definition) is 1. The molecule has 2 heterocycles. The standard InChI is InChI=1S/C13H10FN3S2/c14-9-3-8(5-16-6-9)7-18-13-17-11-2-1-10(15)4-12(11)19-13/h1-6H,7,15H2. The SMILES string of the molecule is Nc1ccc2nc(SCc3cncc(F)c3)sc2c1. The van der Waals surface area contributed by atoms with Crippen LogP contribution in [0.15, 0.2) is 41.0 Å². The van der Waals surface area contributed by atoms with Crippen LogP contribution in [-0.2, 0) is 5.75 Å². The van der Waals surface area contributed by atoms with Gasteiger partial charge in [0.1, 0.15) is 5.82 Å². The maximum Gasteiger partial charge on any atom is 0.151 e. The van der Waals surface area contributed by atoms with Crippen molar-refractivity contribution in [1.82, 2.24) is 9.97 Å². The Labute approximate surface area is 117 Å². The lowest BCUT2D eigenvalue weighted by atomic mass is 10.3. The Bertz CT molecular complexity index is 727. The zero-order chi connectivity index (χ0) is 13.2. The minimum absolute atomic E-state index is 0.310. The Morgan fingerprint density at radius 1 is 1.26 bits per heavy atom. The lowest BCUT2D eigenvalue weighted by Gasteiger charge is -1.97. The Kier molecular flexibility index (Phi) is 3.35. The number of fused-ring (bicyclic) bond motifs is 1. The first-order valence-electron chi connectivity index (χ1n) is 5.59. The molecule has 1 aromatic carbocycles. The zero-order valence-electron chi connectivity index (χ0n) is 9.84. The highest BCUT2D eigenvalue weighted by Crippen LogP contribution is 2.32. The van der Waals surface area contributed by atoms with E-state index in [1.807, 2.05) is 18.2 Å². The lowest BCUT2D eigenvalue weighted by Crippen LogP contribution is -1.85. The molecule has 2 N–H and O–H groups in total. The van der Waals surface area contributed by atoms with Crippen molar-refractivity contribution in [2.75, 3.05) is 5.73 Å². The number of pyridine rings is 1. The van der Waals surface area contributed by atoms with E-state index in [1.54, 1.807) is 29.3 Å². The van der Waals surface area contributed by atoms with E-state index in [0.717, 1.165) is 25.8 Å². The number of rotatable bonds is 3. The molecule has 0 radical (unpaired) electrons. The van der Waals surface area contributed by atoms with E-state index in [2.05, 4.69) is 9.97 Å². The number of thiazole rings is 1. The highest BCUT2D eigenvalue weighted by molar-refractivity contribution is 8.00.